The molecule has 0 aliphatic rings. The molecule has 5 heteroatoms. The Morgan fingerprint density at radius 3 is 2.84 bits per heavy atom. The molecule has 0 spiro atoms. The minimum Gasteiger partial charge on any atom is -0.493 e. The van der Waals surface area contributed by atoms with Gasteiger partial charge >= 0.3 is 0 Å². The van der Waals surface area contributed by atoms with Gasteiger partial charge in [-0.3, -0.25) is 4.79 Å². The number of aromatic nitrogens is 1. The fourth-order valence-corrected chi connectivity index (χ4v) is 2.27. The Balaban J connectivity index is 1.77. The van der Waals surface area contributed by atoms with E-state index in [2.05, 4.69) is 10.3 Å². The molecule has 1 heterocycles. The third-order valence-electron chi connectivity index (χ3n) is 2.55. The van der Waals surface area contributed by atoms with Gasteiger partial charge < -0.3 is 10.1 Å². The summed E-state index contributed by atoms with van der Waals surface area (Å²) in [7, 11) is 0. The van der Waals surface area contributed by atoms with Gasteiger partial charge in [-0.15, -0.1) is 11.3 Å². The van der Waals surface area contributed by atoms with E-state index in [4.69, 9.17) is 4.74 Å². The van der Waals surface area contributed by atoms with Crippen molar-refractivity contribution in [3.63, 3.8) is 0 Å². The standard InChI is InChI=1S/C14H16N2O2S/c1-10-5-3-4-6-12(10)18-8-7-13(17)16-14-15-11(2)9-19-14/h3-6,9H,7-8H2,1-2H3,(H,15,16,17). The van der Waals surface area contributed by atoms with E-state index in [-0.39, 0.29) is 5.91 Å². The average Bonchev–Trinajstić information content (AvgIpc) is 2.77. The molecule has 0 saturated carbocycles. The predicted molar refractivity (Wildman–Crippen MR) is 76.8 cm³/mol. The third-order valence-corrected chi connectivity index (χ3v) is 3.42. The number of nitrogens with zero attached hydrogens (tertiary/aromatic N) is 1. The zero-order valence-corrected chi connectivity index (χ0v) is 11.8. The van der Waals surface area contributed by atoms with Gasteiger partial charge in [-0.1, -0.05) is 18.2 Å². The number of hydrogen-bond donors (Lipinski definition) is 1. The first kappa shape index (κ1) is 13.5. The van der Waals surface area contributed by atoms with Gasteiger partial charge in [-0.05, 0) is 25.5 Å². The topological polar surface area (TPSA) is 51.2 Å². The number of hydrogen-bond acceptors (Lipinski definition) is 4. The van der Waals surface area contributed by atoms with Crippen molar-refractivity contribution < 1.29 is 9.53 Å². The van der Waals surface area contributed by atoms with E-state index in [1.54, 1.807) is 0 Å². The maximum Gasteiger partial charge on any atom is 0.229 e. The highest BCUT2D eigenvalue weighted by molar-refractivity contribution is 7.13. The average molecular weight is 276 g/mol. The molecule has 2 aromatic rings. The Labute approximate surface area is 116 Å². The third kappa shape index (κ3) is 4.06. The number of rotatable bonds is 5. The van der Waals surface area contributed by atoms with Crippen LogP contribution in [0.3, 0.4) is 0 Å². The largest absolute Gasteiger partial charge is 0.493 e. The van der Waals surface area contributed by atoms with Crippen LogP contribution < -0.4 is 10.1 Å². The van der Waals surface area contributed by atoms with E-state index < -0.39 is 0 Å². The van der Waals surface area contributed by atoms with Crippen LogP contribution in [0.4, 0.5) is 5.13 Å². The molecule has 2 rings (SSSR count). The monoisotopic (exact) mass is 276 g/mol. The number of aryl methyl sites for hydroxylation is 2. The summed E-state index contributed by atoms with van der Waals surface area (Å²) in [4.78, 5) is 15.8. The second-order valence-corrected chi connectivity index (χ2v) is 5.06. The fraction of sp³-hybridized carbons (Fsp3) is 0.286. The maximum absolute atomic E-state index is 11.7. The van der Waals surface area contributed by atoms with Crippen LogP contribution in [0.2, 0.25) is 0 Å². The lowest BCUT2D eigenvalue weighted by Crippen LogP contribution is -2.15. The first-order valence-corrected chi connectivity index (χ1v) is 6.93. The van der Waals surface area contributed by atoms with Crippen molar-refractivity contribution in [1.29, 1.82) is 0 Å². The summed E-state index contributed by atoms with van der Waals surface area (Å²) in [5.74, 6) is 0.739. The van der Waals surface area contributed by atoms with Crippen LogP contribution >= 0.6 is 11.3 Å². The number of thiazole rings is 1. The van der Waals surface area contributed by atoms with E-state index >= 15 is 0 Å². The van der Waals surface area contributed by atoms with E-state index in [1.807, 2.05) is 43.5 Å². The zero-order chi connectivity index (χ0) is 13.7. The molecule has 0 radical (unpaired) electrons. The highest BCUT2D eigenvalue weighted by Crippen LogP contribution is 2.17. The second kappa shape index (κ2) is 6.33. The van der Waals surface area contributed by atoms with E-state index in [1.165, 1.54) is 11.3 Å². The number of ether oxygens (including phenoxy) is 1. The molecule has 19 heavy (non-hydrogen) atoms. The quantitative estimate of drug-likeness (QED) is 0.912. The highest BCUT2D eigenvalue weighted by atomic mass is 32.1. The number of nitrogens with one attached hydrogen (secondary N) is 1. The van der Waals surface area contributed by atoms with Crippen molar-refractivity contribution in [1.82, 2.24) is 4.98 Å². The Morgan fingerprint density at radius 2 is 2.16 bits per heavy atom. The summed E-state index contributed by atoms with van der Waals surface area (Å²) in [6.07, 6.45) is 0.312. The van der Waals surface area contributed by atoms with E-state index in [0.29, 0.717) is 18.2 Å². The summed E-state index contributed by atoms with van der Waals surface area (Å²) in [5.41, 5.74) is 1.98. The molecule has 1 N–H and O–H groups in total. The molecule has 0 atom stereocenters. The van der Waals surface area contributed by atoms with Gasteiger partial charge in [0, 0.05) is 5.38 Å². The van der Waals surface area contributed by atoms with E-state index in [9.17, 15) is 4.79 Å². The minimum atomic E-state index is -0.0806. The lowest BCUT2D eigenvalue weighted by molar-refractivity contribution is -0.116. The molecule has 0 aliphatic carbocycles. The Morgan fingerprint density at radius 1 is 1.37 bits per heavy atom. The van der Waals surface area contributed by atoms with Gasteiger partial charge in [0.2, 0.25) is 5.91 Å². The van der Waals surface area contributed by atoms with Crippen molar-refractivity contribution in [2.45, 2.75) is 20.3 Å². The number of amides is 1. The van der Waals surface area contributed by atoms with E-state index in [0.717, 1.165) is 17.0 Å². The van der Waals surface area contributed by atoms with Gasteiger partial charge in [0.25, 0.3) is 0 Å². The SMILES string of the molecule is Cc1csc(NC(=O)CCOc2ccccc2C)n1. The highest BCUT2D eigenvalue weighted by Gasteiger charge is 2.06. The first-order valence-electron chi connectivity index (χ1n) is 6.05. The number of para-hydroxylation sites is 1. The van der Waals surface area contributed by atoms with Crippen LogP contribution in [0.25, 0.3) is 0 Å². The second-order valence-electron chi connectivity index (χ2n) is 4.21. The van der Waals surface area contributed by atoms with Crippen molar-refractivity contribution >= 4 is 22.4 Å². The first-order chi connectivity index (χ1) is 9.15. The molecule has 1 amide bonds. The molecule has 4 nitrogen and oxygen atoms in total. The molecule has 0 aliphatic heterocycles. The number of benzene rings is 1. The van der Waals surface area contributed by atoms with Crippen LogP contribution in [0.15, 0.2) is 29.6 Å². The van der Waals surface area contributed by atoms with Crippen molar-refractivity contribution in [2.75, 3.05) is 11.9 Å². The van der Waals surface area contributed by atoms with Crippen molar-refractivity contribution in [2.24, 2.45) is 0 Å². The molecule has 0 saturated heterocycles. The fourth-order valence-electron chi connectivity index (χ4n) is 1.57. The molecular weight excluding hydrogens is 260 g/mol. The van der Waals surface area contributed by atoms with Crippen LogP contribution in [0.1, 0.15) is 17.7 Å². The van der Waals surface area contributed by atoms with Gasteiger partial charge in [0.1, 0.15) is 5.75 Å². The summed E-state index contributed by atoms with van der Waals surface area (Å²) < 4.78 is 5.57. The predicted octanol–water partition coefficient (Wildman–Crippen LogP) is 3.17. The lowest BCUT2D eigenvalue weighted by atomic mass is 10.2. The van der Waals surface area contributed by atoms with Gasteiger partial charge in [0.05, 0.1) is 18.7 Å². The van der Waals surface area contributed by atoms with Crippen LogP contribution in [-0.2, 0) is 4.79 Å². The summed E-state index contributed by atoms with van der Waals surface area (Å²) in [5, 5.41) is 5.29. The molecule has 0 fully saturated rings. The Bertz CT molecular complexity index is 566. The van der Waals surface area contributed by atoms with Crippen LogP contribution in [-0.4, -0.2) is 17.5 Å². The van der Waals surface area contributed by atoms with Gasteiger partial charge in [-0.2, -0.15) is 0 Å². The van der Waals surface area contributed by atoms with Crippen LogP contribution in [0.5, 0.6) is 5.75 Å². The van der Waals surface area contributed by atoms with Gasteiger partial charge in [-0.25, -0.2) is 4.98 Å². The Kier molecular flexibility index (Phi) is 4.52. The normalized spacial score (nSPS) is 10.2. The number of anilines is 1. The number of carbonyl (C=O) groups excluding carboxylic acids is 1. The smallest absolute Gasteiger partial charge is 0.229 e. The minimum absolute atomic E-state index is 0.0806. The van der Waals surface area contributed by atoms with Crippen LogP contribution in [0, 0.1) is 13.8 Å². The summed E-state index contributed by atoms with van der Waals surface area (Å²) in [6.45, 7) is 4.24. The van der Waals surface area contributed by atoms with Crippen molar-refractivity contribution in [3.05, 3.63) is 40.9 Å². The molecule has 1 aromatic heterocycles. The Hall–Kier alpha value is -1.88. The molecule has 0 bridgehead atoms. The zero-order valence-electron chi connectivity index (χ0n) is 11.0. The summed E-state index contributed by atoms with van der Waals surface area (Å²) in [6, 6.07) is 7.76. The molecule has 100 valence electrons. The van der Waals surface area contributed by atoms with Gasteiger partial charge in [0.15, 0.2) is 5.13 Å². The van der Waals surface area contributed by atoms with Crippen molar-refractivity contribution in [3.8, 4) is 5.75 Å². The molecular formula is C14H16N2O2S. The molecule has 1 aromatic carbocycles. The number of carbonyl (C=O) groups is 1. The maximum atomic E-state index is 11.7. The lowest BCUT2D eigenvalue weighted by Gasteiger charge is -2.08. The summed E-state index contributed by atoms with van der Waals surface area (Å²) >= 11 is 1.43. The molecule has 0 unspecified atom stereocenters.